The molecule has 0 aromatic heterocycles. The molecule has 0 spiro atoms. The first-order chi connectivity index (χ1) is 12.5. The van der Waals surface area contributed by atoms with E-state index in [1.165, 1.54) is 7.05 Å². The van der Waals surface area contributed by atoms with Gasteiger partial charge in [0, 0.05) is 32.0 Å². The molecular weight excluding hydrogens is 380 g/mol. The Morgan fingerprint density at radius 2 is 1.96 bits per heavy atom. The summed E-state index contributed by atoms with van der Waals surface area (Å²) in [5, 5.41) is 5.88. The average molecular weight is 407 g/mol. The zero-order valence-corrected chi connectivity index (χ0v) is 17.0. The summed E-state index contributed by atoms with van der Waals surface area (Å²) in [6.45, 7) is 2.52. The molecule has 27 heavy (non-hydrogen) atoms. The van der Waals surface area contributed by atoms with Gasteiger partial charge in [0.05, 0.1) is 11.4 Å². The molecule has 0 fully saturated rings. The zero-order valence-electron chi connectivity index (χ0n) is 16.2. The number of hydrogen-bond acceptors (Lipinski definition) is 5. The Kier molecular flexibility index (Phi) is 8.26. The molecule has 0 saturated carbocycles. The van der Waals surface area contributed by atoms with Gasteiger partial charge < -0.3 is 20.1 Å². The van der Waals surface area contributed by atoms with Gasteiger partial charge in [0.1, 0.15) is 0 Å². The molecule has 0 radical (unpaired) electrons. The second kappa shape index (κ2) is 9.72. The molecule has 0 saturated heterocycles. The second-order valence-electron chi connectivity index (χ2n) is 6.37. The van der Waals surface area contributed by atoms with Crippen molar-refractivity contribution < 1.29 is 26.7 Å². The van der Waals surface area contributed by atoms with Crippen LogP contribution in [0.3, 0.4) is 0 Å². The molecule has 0 unspecified atom stereocenters. The Labute approximate surface area is 159 Å². The van der Waals surface area contributed by atoms with Gasteiger partial charge in [-0.25, -0.2) is 8.42 Å². The minimum atomic E-state index is -3.27. The van der Waals surface area contributed by atoms with E-state index in [-0.39, 0.29) is 24.6 Å². The Bertz CT molecular complexity index is 753. The summed E-state index contributed by atoms with van der Waals surface area (Å²) >= 11 is 0. The topological polar surface area (TPSA) is 89.0 Å². The fourth-order valence-electron chi connectivity index (χ4n) is 2.02. The lowest BCUT2D eigenvalue weighted by Crippen LogP contribution is -2.47. The van der Waals surface area contributed by atoms with Crippen LogP contribution in [0.4, 0.5) is 8.78 Å². The smallest absolute Gasteiger partial charge is 0.387 e. The van der Waals surface area contributed by atoms with Gasteiger partial charge >= 0.3 is 6.61 Å². The van der Waals surface area contributed by atoms with Crippen LogP contribution in [0.25, 0.3) is 0 Å². The van der Waals surface area contributed by atoms with E-state index in [0.29, 0.717) is 18.1 Å². The maximum Gasteiger partial charge on any atom is 0.387 e. The van der Waals surface area contributed by atoms with E-state index >= 15 is 0 Å². The third-order valence-electron chi connectivity index (χ3n) is 3.92. The summed E-state index contributed by atoms with van der Waals surface area (Å²) < 4.78 is 58.0. The summed E-state index contributed by atoms with van der Waals surface area (Å²) in [5.41, 5.74) is 0.451. The van der Waals surface area contributed by atoms with Crippen LogP contribution in [0.15, 0.2) is 23.2 Å². The van der Waals surface area contributed by atoms with Crippen molar-refractivity contribution in [2.45, 2.75) is 38.7 Å². The third-order valence-corrected chi connectivity index (χ3v) is 6.07. The number of rotatable bonds is 9. The number of para-hydroxylation sites is 1. The highest BCUT2D eigenvalue weighted by Crippen LogP contribution is 2.32. The molecular formula is C17H27F2N3O4S. The minimum Gasteiger partial charge on any atom is -0.490 e. The van der Waals surface area contributed by atoms with Gasteiger partial charge in [0.2, 0.25) is 0 Å². The van der Waals surface area contributed by atoms with Crippen molar-refractivity contribution in [1.29, 1.82) is 0 Å². The van der Waals surface area contributed by atoms with Gasteiger partial charge in [-0.2, -0.15) is 8.78 Å². The number of sulfone groups is 1. The lowest BCUT2D eigenvalue weighted by molar-refractivity contribution is -0.0520. The van der Waals surface area contributed by atoms with E-state index in [1.54, 1.807) is 39.0 Å². The standard InChI is InChI=1S/C17H27F2N3O4S/c1-6-25-13-9-7-8-12(14(13)26-15(18)19)10-21-16(20-4)22-11-17(2,3)27(5,23)24/h7-9,15H,6,10-11H2,1-5H3,(H2,20,21,22). The Hall–Kier alpha value is -2.10. The average Bonchev–Trinajstić information content (AvgIpc) is 2.56. The van der Waals surface area contributed by atoms with Crippen molar-refractivity contribution in [3.63, 3.8) is 0 Å². The molecule has 0 bridgehead atoms. The molecule has 7 nitrogen and oxygen atoms in total. The van der Waals surface area contributed by atoms with Crippen LogP contribution in [0.1, 0.15) is 26.3 Å². The number of alkyl halides is 2. The Morgan fingerprint density at radius 1 is 1.30 bits per heavy atom. The number of nitrogens with one attached hydrogen (secondary N) is 2. The SMILES string of the molecule is CCOc1cccc(CNC(=NC)NCC(C)(C)S(C)(=O)=O)c1OC(F)F. The van der Waals surface area contributed by atoms with Crippen LogP contribution in [-0.4, -0.2) is 52.2 Å². The number of ether oxygens (including phenoxy) is 2. The molecule has 0 atom stereocenters. The first-order valence-corrected chi connectivity index (χ1v) is 10.2. The van der Waals surface area contributed by atoms with E-state index in [9.17, 15) is 17.2 Å². The van der Waals surface area contributed by atoms with Crippen molar-refractivity contribution in [3.05, 3.63) is 23.8 Å². The Morgan fingerprint density at radius 3 is 2.48 bits per heavy atom. The predicted molar refractivity (Wildman–Crippen MR) is 101 cm³/mol. The molecule has 0 aliphatic carbocycles. The molecule has 0 heterocycles. The number of nitrogens with zero attached hydrogens (tertiary/aromatic N) is 1. The van der Waals surface area contributed by atoms with Crippen LogP contribution < -0.4 is 20.1 Å². The first kappa shape index (κ1) is 22.9. The lowest BCUT2D eigenvalue weighted by atomic mass is 10.2. The quantitative estimate of drug-likeness (QED) is 0.482. The summed E-state index contributed by atoms with van der Waals surface area (Å²) in [6.07, 6.45) is 1.16. The Balaban J connectivity index is 2.87. The van der Waals surface area contributed by atoms with Gasteiger partial charge in [-0.15, -0.1) is 0 Å². The van der Waals surface area contributed by atoms with Gasteiger partial charge in [-0.3, -0.25) is 4.99 Å². The van der Waals surface area contributed by atoms with E-state index in [1.807, 2.05) is 0 Å². The highest BCUT2D eigenvalue weighted by Gasteiger charge is 2.30. The number of halogens is 2. The van der Waals surface area contributed by atoms with Crippen molar-refractivity contribution in [2.24, 2.45) is 4.99 Å². The summed E-state index contributed by atoms with van der Waals surface area (Å²) in [7, 11) is -1.75. The van der Waals surface area contributed by atoms with Crippen LogP contribution in [0.5, 0.6) is 11.5 Å². The molecule has 0 amide bonds. The van der Waals surface area contributed by atoms with Crippen molar-refractivity contribution >= 4 is 15.8 Å². The molecule has 10 heteroatoms. The van der Waals surface area contributed by atoms with E-state index in [0.717, 1.165) is 6.26 Å². The largest absolute Gasteiger partial charge is 0.490 e. The minimum absolute atomic E-state index is 0.0474. The van der Waals surface area contributed by atoms with Crippen LogP contribution in [0, 0.1) is 0 Å². The fourth-order valence-corrected chi connectivity index (χ4v) is 2.35. The van der Waals surface area contributed by atoms with Gasteiger partial charge in [-0.05, 0) is 26.8 Å². The molecule has 2 N–H and O–H groups in total. The predicted octanol–water partition coefficient (Wildman–Crippen LogP) is 2.17. The normalized spacial score (nSPS) is 12.8. The summed E-state index contributed by atoms with van der Waals surface area (Å²) in [4.78, 5) is 4.02. The van der Waals surface area contributed by atoms with Crippen LogP contribution in [0.2, 0.25) is 0 Å². The van der Waals surface area contributed by atoms with Gasteiger partial charge in [-0.1, -0.05) is 12.1 Å². The maximum absolute atomic E-state index is 12.8. The summed E-state index contributed by atoms with van der Waals surface area (Å²) in [5.74, 6) is 0.503. The van der Waals surface area contributed by atoms with Crippen LogP contribution >= 0.6 is 0 Å². The monoisotopic (exact) mass is 407 g/mol. The van der Waals surface area contributed by atoms with Crippen LogP contribution in [-0.2, 0) is 16.4 Å². The van der Waals surface area contributed by atoms with E-state index in [4.69, 9.17) is 4.74 Å². The fraction of sp³-hybridized carbons (Fsp3) is 0.588. The van der Waals surface area contributed by atoms with Crippen molar-refractivity contribution in [1.82, 2.24) is 10.6 Å². The van der Waals surface area contributed by atoms with E-state index in [2.05, 4.69) is 20.4 Å². The van der Waals surface area contributed by atoms with Crippen molar-refractivity contribution in [2.75, 3.05) is 26.5 Å². The zero-order chi connectivity index (χ0) is 20.7. The highest BCUT2D eigenvalue weighted by atomic mass is 32.2. The lowest BCUT2D eigenvalue weighted by Gasteiger charge is -2.24. The molecule has 154 valence electrons. The number of guanidine groups is 1. The number of hydrogen-bond donors (Lipinski definition) is 2. The molecule has 0 aliphatic heterocycles. The van der Waals surface area contributed by atoms with E-state index < -0.39 is 21.2 Å². The number of benzene rings is 1. The maximum atomic E-state index is 12.8. The summed E-state index contributed by atoms with van der Waals surface area (Å²) in [6, 6.07) is 4.84. The number of aliphatic imine (C=N–C) groups is 1. The highest BCUT2D eigenvalue weighted by molar-refractivity contribution is 7.92. The third kappa shape index (κ3) is 6.85. The van der Waals surface area contributed by atoms with Gasteiger partial charge in [0.25, 0.3) is 0 Å². The van der Waals surface area contributed by atoms with Gasteiger partial charge in [0.15, 0.2) is 27.3 Å². The molecule has 1 rings (SSSR count). The molecule has 1 aromatic rings. The first-order valence-electron chi connectivity index (χ1n) is 8.35. The van der Waals surface area contributed by atoms with Crippen molar-refractivity contribution in [3.8, 4) is 11.5 Å². The molecule has 1 aromatic carbocycles. The second-order valence-corrected chi connectivity index (χ2v) is 9.02. The molecule has 0 aliphatic rings.